The smallest absolute Gasteiger partial charge is 0.204 e. The zero-order valence-corrected chi connectivity index (χ0v) is 15.5. The van der Waals surface area contributed by atoms with Crippen LogP contribution < -0.4 is 5.73 Å². The highest BCUT2D eigenvalue weighted by atomic mass is 32.2. The van der Waals surface area contributed by atoms with Crippen molar-refractivity contribution in [3.8, 4) is 0 Å². The summed E-state index contributed by atoms with van der Waals surface area (Å²) in [6.07, 6.45) is 5.60. The van der Waals surface area contributed by atoms with Crippen LogP contribution >= 0.6 is 11.8 Å². The van der Waals surface area contributed by atoms with Crippen LogP contribution in [-0.4, -0.2) is 17.9 Å². The molecule has 0 aliphatic carbocycles. The van der Waals surface area contributed by atoms with Gasteiger partial charge in [0, 0.05) is 17.1 Å². The van der Waals surface area contributed by atoms with Crippen LogP contribution in [-0.2, 0) is 9.59 Å². The number of benzene rings is 1. The van der Waals surface area contributed by atoms with Gasteiger partial charge in [-0.1, -0.05) is 51.5 Å². The monoisotopic (exact) mass is 335 g/mol. The Hall–Kier alpha value is -1.55. The molecule has 0 bridgehead atoms. The first-order valence-corrected chi connectivity index (χ1v) is 9.04. The van der Waals surface area contributed by atoms with Crippen molar-refractivity contribution in [3.63, 3.8) is 0 Å². The molecule has 0 spiro atoms. The third-order valence-electron chi connectivity index (χ3n) is 3.52. The predicted octanol–water partition coefficient (Wildman–Crippen LogP) is 4.70. The first kappa shape index (κ1) is 21.4. The first-order chi connectivity index (χ1) is 11.0. The maximum Gasteiger partial charge on any atom is 0.204 e. The van der Waals surface area contributed by atoms with Crippen LogP contribution in [0.5, 0.6) is 0 Å². The maximum atomic E-state index is 10.4. The summed E-state index contributed by atoms with van der Waals surface area (Å²) in [6.45, 7) is 8.07. The van der Waals surface area contributed by atoms with Gasteiger partial charge < -0.3 is 10.5 Å². The van der Waals surface area contributed by atoms with E-state index in [1.165, 1.54) is 16.0 Å². The fraction of sp³-hybridized carbons (Fsp3) is 0.474. The van der Waals surface area contributed by atoms with Gasteiger partial charge in [0.1, 0.15) is 5.78 Å². The lowest BCUT2D eigenvalue weighted by Crippen LogP contribution is -1.98. The lowest BCUT2D eigenvalue weighted by Gasteiger charge is -2.15. The summed E-state index contributed by atoms with van der Waals surface area (Å²) in [5, 5.41) is 0. The molecule has 1 aromatic rings. The number of ketones is 1. The van der Waals surface area contributed by atoms with Gasteiger partial charge in [0.15, 0.2) is 0 Å². The molecule has 1 aromatic carbocycles. The molecule has 0 aromatic heterocycles. The number of rotatable bonds is 4. The first-order valence-electron chi connectivity index (χ1n) is 8.06. The molecule has 2 N–H and O–H groups in total. The number of Topliss-reactive ketones (excluding diaryl/α,β-unsaturated/α-hetero) is 1. The number of amides is 1. The molecule has 2 rings (SSSR count). The van der Waals surface area contributed by atoms with Gasteiger partial charge in [0.25, 0.3) is 0 Å². The average Bonchev–Trinajstić information content (AvgIpc) is 2.55. The maximum absolute atomic E-state index is 10.4. The number of allylic oxidation sites excluding steroid dienone is 1. The number of carbonyl (C=O) groups is 2. The molecule has 1 aliphatic rings. The van der Waals surface area contributed by atoms with E-state index in [1.807, 2.05) is 11.8 Å². The molecule has 0 radical (unpaired) electrons. The fourth-order valence-electron chi connectivity index (χ4n) is 2.17. The Morgan fingerprint density at radius 1 is 1.35 bits per heavy atom. The minimum Gasteiger partial charge on any atom is -0.372 e. The molecule has 1 heterocycles. The Kier molecular flexibility index (Phi) is 12.1. The largest absolute Gasteiger partial charge is 0.372 e. The van der Waals surface area contributed by atoms with E-state index in [9.17, 15) is 4.79 Å². The zero-order valence-electron chi connectivity index (χ0n) is 14.7. The lowest BCUT2D eigenvalue weighted by molar-refractivity contribution is -0.117. The lowest BCUT2D eigenvalue weighted by atomic mass is 10.0. The van der Waals surface area contributed by atoms with Crippen molar-refractivity contribution < 1.29 is 9.59 Å². The van der Waals surface area contributed by atoms with Crippen molar-refractivity contribution in [3.05, 3.63) is 35.9 Å². The van der Waals surface area contributed by atoms with E-state index in [1.54, 1.807) is 6.92 Å². The summed E-state index contributed by atoms with van der Waals surface area (Å²) in [4.78, 5) is 20.4. The van der Waals surface area contributed by atoms with E-state index in [0.717, 1.165) is 25.0 Å². The van der Waals surface area contributed by atoms with Gasteiger partial charge >= 0.3 is 0 Å². The van der Waals surface area contributed by atoms with E-state index in [0.29, 0.717) is 11.7 Å². The molecular formula is C19H29NO2S. The SMILES string of the molecule is CCC(C)CC(C)=O.CCC1=CCSc2ccccc21.NC=O. The number of nitrogens with two attached hydrogens (primary N) is 1. The Labute approximate surface area is 144 Å². The van der Waals surface area contributed by atoms with Crippen LogP contribution in [0.2, 0.25) is 0 Å². The summed E-state index contributed by atoms with van der Waals surface area (Å²) in [5.41, 5.74) is 7.11. The molecule has 0 saturated heterocycles. The topological polar surface area (TPSA) is 60.2 Å². The molecular weight excluding hydrogens is 306 g/mol. The van der Waals surface area contributed by atoms with Crippen molar-refractivity contribution in [2.45, 2.75) is 51.9 Å². The van der Waals surface area contributed by atoms with Gasteiger partial charge in [0.05, 0.1) is 0 Å². The normalized spacial score (nSPS) is 13.1. The van der Waals surface area contributed by atoms with Crippen LogP contribution in [0.3, 0.4) is 0 Å². The van der Waals surface area contributed by atoms with Crippen LogP contribution in [0.15, 0.2) is 35.2 Å². The van der Waals surface area contributed by atoms with Crippen LogP contribution in [0.1, 0.15) is 52.5 Å². The van der Waals surface area contributed by atoms with Gasteiger partial charge in [-0.05, 0) is 36.5 Å². The quantitative estimate of drug-likeness (QED) is 0.811. The number of hydrogen-bond donors (Lipinski definition) is 1. The highest BCUT2D eigenvalue weighted by Gasteiger charge is 2.09. The molecule has 1 aliphatic heterocycles. The average molecular weight is 336 g/mol. The summed E-state index contributed by atoms with van der Waals surface area (Å²) < 4.78 is 0. The fourth-order valence-corrected chi connectivity index (χ4v) is 3.16. The number of fused-ring (bicyclic) bond motifs is 1. The Morgan fingerprint density at radius 2 is 1.96 bits per heavy atom. The third-order valence-corrected chi connectivity index (χ3v) is 4.52. The molecule has 1 amide bonds. The van der Waals surface area contributed by atoms with Crippen LogP contribution in [0.25, 0.3) is 5.57 Å². The second-order valence-electron chi connectivity index (χ2n) is 5.45. The minimum atomic E-state index is 0.250. The van der Waals surface area contributed by atoms with Crippen LogP contribution in [0, 0.1) is 5.92 Å². The molecule has 0 fully saturated rings. The van der Waals surface area contributed by atoms with E-state index < -0.39 is 0 Å². The van der Waals surface area contributed by atoms with Crippen molar-refractivity contribution in [2.75, 3.05) is 5.75 Å². The van der Waals surface area contributed by atoms with Crippen molar-refractivity contribution in [1.82, 2.24) is 0 Å². The van der Waals surface area contributed by atoms with Crippen molar-refractivity contribution in [1.29, 1.82) is 0 Å². The van der Waals surface area contributed by atoms with Crippen molar-refractivity contribution >= 4 is 29.5 Å². The highest BCUT2D eigenvalue weighted by Crippen LogP contribution is 2.34. The Bertz CT molecular complexity index is 512. The van der Waals surface area contributed by atoms with E-state index in [2.05, 4.69) is 56.8 Å². The second kappa shape index (κ2) is 12.9. The van der Waals surface area contributed by atoms with Gasteiger partial charge in [-0.25, -0.2) is 0 Å². The van der Waals surface area contributed by atoms with E-state index >= 15 is 0 Å². The standard InChI is InChI=1S/C11H12S.C7H14O.CH3NO/c1-2-9-7-8-12-11-6-4-3-5-10(9)11;1-4-6(2)5-7(3)8;2-1-3/h3-7H,2,8H2,1H3;6H,4-5H2,1-3H3;1H,(H2,2,3). The summed E-state index contributed by atoms with van der Waals surface area (Å²) in [6, 6.07) is 8.66. The highest BCUT2D eigenvalue weighted by molar-refractivity contribution is 7.99. The number of primary amides is 1. The number of thioether (sulfide) groups is 1. The molecule has 128 valence electrons. The van der Waals surface area contributed by atoms with Gasteiger partial charge in [-0.15, -0.1) is 11.8 Å². The van der Waals surface area contributed by atoms with Gasteiger partial charge in [0.2, 0.25) is 6.41 Å². The Balaban J connectivity index is 0.000000385. The second-order valence-corrected chi connectivity index (χ2v) is 6.51. The number of carbonyl (C=O) groups excluding carboxylic acids is 2. The van der Waals surface area contributed by atoms with E-state index in [-0.39, 0.29) is 6.41 Å². The summed E-state index contributed by atoms with van der Waals surface area (Å²) in [7, 11) is 0. The summed E-state index contributed by atoms with van der Waals surface area (Å²) >= 11 is 1.93. The van der Waals surface area contributed by atoms with E-state index in [4.69, 9.17) is 4.79 Å². The summed E-state index contributed by atoms with van der Waals surface area (Å²) in [5.74, 6) is 2.02. The third kappa shape index (κ3) is 9.24. The van der Waals surface area contributed by atoms with Crippen molar-refractivity contribution in [2.24, 2.45) is 11.7 Å². The minimum absolute atomic E-state index is 0.250. The van der Waals surface area contributed by atoms with Gasteiger partial charge in [-0.2, -0.15) is 0 Å². The molecule has 4 heteroatoms. The Morgan fingerprint density at radius 3 is 2.43 bits per heavy atom. The van der Waals surface area contributed by atoms with Gasteiger partial charge in [-0.3, -0.25) is 4.79 Å². The van der Waals surface area contributed by atoms with Crippen LogP contribution in [0.4, 0.5) is 0 Å². The molecule has 1 atom stereocenters. The zero-order chi connectivity index (χ0) is 17.7. The molecule has 0 saturated carbocycles. The molecule has 1 unspecified atom stereocenters. The molecule has 3 nitrogen and oxygen atoms in total. The predicted molar refractivity (Wildman–Crippen MR) is 100 cm³/mol. The molecule has 23 heavy (non-hydrogen) atoms. The number of hydrogen-bond acceptors (Lipinski definition) is 3.